The minimum atomic E-state index is 0. The topological polar surface area (TPSA) is 17.1 Å². The maximum absolute atomic E-state index is 7.81. The van der Waals surface area contributed by atoms with Gasteiger partial charge in [0.15, 0.2) is 0 Å². The first-order chi connectivity index (χ1) is 1.00. The average molecular weight is 449 g/mol. The van der Waals surface area contributed by atoms with Crippen molar-refractivity contribution in [1.29, 1.82) is 0 Å². The zero-order valence-electron chi connectivity index (χ0n) is 1.92. The smallest absolute Gasteiger partial charge is 0 e. The number of hydrogen-bond acceptors (Lipinski definition) is 1. The molecule has 4 heteroatoms. The number of rotatable bonds is 0. The quantitative estimate of drug-likeness (QED) is 0.457. The first kappa shape index (κ1) is 15.7. The van der Waals surface area contributed by atoms with E-state index < -0.39 is 0 Å². The minimum Gasteiger partial charge on any atom is 0 e. The summed E-state index contributed by atoms with van der Waals surface area (Å²) in [6, 6.07) is 0. The monoisotopic (exact) mass is 449 g/mol. The molecule has 4 heavy (non-hydrogen) atoms. The maximum Gasteiger partial charge on any atom is 0 e. The second kappa shape index (κ2) is 16.4. The van der Waals surface area contributed by atoms with Crippen LogP contribution in [0.1, 0.15) is 0 Å². The first-order valence-corrected chi connectivity index (χ1v) is 0.508. The van der Waals surface area contributed by atoms with Crippen molar-refractivity contribution in [3.63, 3.8) is 0 Å². The number of hydrogen-bond donors (Lipinski definition) is 0. The molecule has 0 saturated heterocycles. The van der Waals surface area contributed by atoms with E-state index >= 15 is 0 Å². The van der Waals surface area contributed by atoms with E-state index in [1.165, 1.54) is 0 Å². The summed E-state index contributed by atoms with van der Waals surface area (Å²) in [5.74, 6) is 0. The summed E-state index contributed by atoms with van der Waals surface area (Å²) in [6.07, 6.45) is 0. The summed E-state index contributed by atoms with van der Waals surface area (Å²) in [4.78, 5) is 0. The Morgan fingerprint density at radius 1 is 1.25 bits per heavy atom. The maximum atomic E-state index is 7.81. The molecule has 0 bridgehead atoms. The molecule has 0 heterocycles. The molecule has 0 aromatic heterocycles. The molecule has 0 saturated carbocycles. The van der Waals surface area contributed by atoms with Gasteiger partial charge in [0.2, 0.25) is 0 Å². The Morgan fingerprint density at radius 3 is 1.25 bits per heavy atom. The third-order valence-electron chi connectivity index (χ3n) is 0. The third kappa shape index (κ3) is 8.96. The van der Waals surface area contributed by atoms with Crippen LogP contribution in [0, 0.1) is 39.9 Å². The van der Waals surface area contributed by atoms with Crippen molar-refractivity contribution in [3.8, 4) is 0 Å². The van der Waals surface area contributed by atoms with Gasteiger partial charge in [-0.25, -0.2) is 0 Å². The molecule has 0 spiro atoms. The molecule has 0 aromatic rings. The largest absolute Gasteiger partial charge is 0 e. The summed E-state index contributed by atoms with van der Waals surface area (Å²) in [7, 11) is 0. The standard InChI is InChI=1S/Ba.Cu.O.Th. The molecule has 0 amide bonds. The van der Waals surface area contributed by atoms with E-state index in [1.54, 1.807) is 0 Å². The van der Waals surface area contributed by atoms with Crippen molar-refractivity contribution in [1.82, 2.24) is 0 Å². The Balaban J connectivity index is -0.00000000500. The van der Waals surface area contributed by atoms with Gasteiger partial charge in [0.1, 0.15) is 0 Å². The van der Waals surface area contributed by atoms with E-state index in [9.17, 15) is 0 Å². The fraction of sp³-hybridized carbons (Fsp3) is 0. The van der Waals surface area contributed by atoms with Gasteiger partial charge in [-0.1, -0.05) is 0 Å². The van der Waals surface area contributed by atoms with Gasteiger partial charge in [0.05, 0.1) is 0 Å². The van der Waals surface area contributed by atoms with Crippen LogP contribution < -0.4 is 0 Å². The van der Waals surface area contributed by atoms with Crippen LogP contribution in [0.4, 0.5) is 0 Å². The van der Waals surface area contributed by atoms with Crippen molar-refractivity contribution >= 4 is 48.9 Å². The van der Waals surface area contributed by atoms with Crippen LogP contribution >= 0.6 is 0 Å². The van der Waals surface area contributed by atoms with Crippen molar-refractivity contribution in [2.24, 2.45) is 0 Å². The molecule has 0 N–H and O–H groups in total. The molecule has 0 rings (SSSR count). The summed E-state index contributed by atoms with van der Waals surface area (Å²) in [6.45, 7) is 0. The predicted molar refractivity (Wildman–Crippen MR) is 6.44 cm³/mol. The van der Waals surface area contributed by atoms with Crippen LogP contribution in [0.2, 0.25) is 0 Å². The second-order valence-corrected chi connectivity index (χ2v) is 0. The van der Waals surface area contributed by atoms with E-state index in [-0.39, 0.29) is 88.8 Å². The molecular weight excluding hydrogens is 449 g/mol. The molecule has 2 radical (unpaired) electrons. The fourth-order valence-corrected chi connectivity index (χ4v) is 0. The van der Waals surface area contributed by atoms with E-state index in [4.69, 9.17) is 3.83 Å². The van der Waals surface area contributed by atoms with Gasteiger partial charge in [-0.15, -0.1) is 0 Å². The minimum absolute atomic E-state index is 0. The Hall–Kier alpha value is 3.22. The molecule has 23 valence electrons. The van der Waals surface area contributed by atoms with Crippen LogP contribution in [0.15, 0.2) is 0 Å². The molecule has 0 aliphatic carbocycles. The van der Waals surface area contributed by atoms with Gasteiger partial charge in [-0.05, 0) is 0 Å². The first-order valence-electron chi connectivity index (χ1n) is 0.123. The van der Waals surface area contributed by atoms with Crippen molar-refractivity contribution in [2.75, 3.05) is 0 Å². The molecule has 0 fully saturated rings. The van der Waals surface area contributed by atoms with Gasteiger partial charge >= 0.3 is 19.8 Å². The van der Waals surface area contributed by atoms with Crippen LogP contribution in [-0.2, 0) is 19.8 Å². The molecule has 1 nitrogen and oxygen atoms in total. The molecular formula is BaCuOTh. The summed E-state index contributed by atoms with van der Waals surface area (Å²) in [5, 5.41) is 0. The van der Waals surface area contributed by atoms with E-state index in [1.807, 2.05) is 0 Å². The van der Waals surface area contributed by atoms with Crippen LogP contribution in [0.5, 0.6) is 0 Å². The van der Waals surface area contributed by atoms with Gasteiger partial charge in [-0.3, -0.25) is 0 Å². The van der Waals surface area contributed by atoms with Gasteiger partial charge in [0, 0.05) is 88.8 Å². The molecule has 0 aliphatic heterocycles. The Bertz CT molecular complexity index is 8.00. The van der Waals surface area contributed by atoms with E-state index in [2.05, 4.69) is 15.9 Å². The Labute approximate surface area is 105 Å². The van der Waals surface area contributed by atoms with Crippen LogP contribution in [-0.4, -0.2) is 48.9 Å². The van der Waals surface area contributed by atoms with Crippen molar-refractivity contribution < 1.29 is 59.7 Å². The molecule has 0 aromatic carbocycles. The van der Waals surface area contributed by atoms with E-state index in [0.717, 1.165) is 0 Å². The van der Waals surface area contributed by atoms with Crippen LogP contribution in [0.25, 0.3) is 0 Å². The normalized spacial score (nSPS) is 1.50. The van der Waals surface area contributed by atoms with Crippen LogP contribution in [0.3, 0.4) is 0 Å². The van der Waals surface area contributed by atoms with Gasteiger partial charge in [-0.2, -0.15) is 0 Å². The van der Waals surface area contributed by atoms with E-state index in [0.29, 0.717) is 0 Å². The zero-order valence-corrected chi connectivity index (χ0v) is 11.4. The van der Waals surface area contributed by atoms with Crippen molar-refractivity contribution in [3.05, 3.63) is 0 Å². The molecule has 0 aliphatic rings. The Kier molecular flexibility index (Phi) is 64.1. The van der Waals surface area contributed by atoms with Gasteiger partial charge < -0.3 is 0 Å². The summed E-state index contributed by atoms with van der Waals surface area (Å²) in [5.41, 5.74) is 0. The Morgan fingerprint density at radius 2 is 1.25 bits per heavy atom. The predicted octanol–water partition coefficient (Wildman–Crippen LogP) is -0.502. The second-order valence-electron chi connectivity index (χ2n) is 0. The third-order valence-corrected chi connectivity index (χ3v) is 0. The summed E-state index contributed by atoms with van der Waals surface area (Å²) >= 11 is 2.94. The zero-order chi connectivity index (χ0) is 2.00. The fourth-order valence-electron chi connectivity index (χ4n) is 0. The average Bonchev–Trinajstić information content (AvgIpc) is 1.00. The molecule has 0 unspecified atom stereocenters. The van der Waals surface area contributed by atoms with Crippen molar-refractivity contribution in [2.45, 2.75) is 0 Å². The molecule has 0 atom stereocenters. The van der Waals surface area contributed by atoms with Gasteiger partial charge in [0.25, 0.3) is 0 Å². The SMILES string of the molecule is [Ba].[O]=[Cu].[Th]. The summed E-state index contributed by atoms with van der Waals surface area (Å²) < 4.78 is 7.81.